The molecule has 3 aliphatic rings. The summed E-state index contributed by atoms with van der Waals surface area (Å²) >= 11 is 1.43. The monoisotopic (exact) mass is 462 g/mol. The number of rotatable bonds is 2. The van der Waals surface area contributed by atoms with Crippen LogP contribution in [0, 0.1) is 25.6 Å². The Morgan fingerprint density at radius 2 is 1.85 bits per heavy atom. The number of carbonyl (C=O) groups excluding carboxylic acids is 2. The number of halogens is 1. The quantitative estimate of drug-likeness (QED) is 0.501. The van der Waals surface area contributed by atoms with E-state index in [1.165, 1.54) is 23.5 Å². The zero-order chi connectivity index (χ0) is 22.9. The van der Waals surface area contributed by atoms with E-state index in [1.807, 2.05) is 13.8 Å². The van der Waals surface area contributed by atoms with Gasteiger partial charge in [-0.05, 0) is 68.0 Å². The molecule has 6 rings (SSSR count). The number of fused-ring (bicyclic) bond motifs is 2. The molecule has 0 N–H and O–H groups in total. The largest absolute Gasteiger partial charge is 0.483 e. The molecular weight excluding hydrogens is 439 g/mol. The minimum absolute atomic E-state index is 0.0146. The second kappa shape index (κ2) is 7.48. The minimum atomic E-state index is -0.676. The highest BCUT2D eigenvalue weighted by Gasteiger charge is 2.53. The lowest BCUT2D eigenvalue weighted by Crippen LogP contribution is -2.39. The number of aryl methyl sites for hydroxylation is 2. The first-order valence-corrected chi connectivity index (χ1v) is 12.2. The molecule has 3 unspecified atom stereocenters. The van der Waals surface area contributed by atoms with E-state index in [0.717, 1.165) is 47.0 Å². The van der Waals surface area contributed by atoms with Crippen molar-refractivity contribution in [2.75, 3.05) is 4.90 Å². The highest BCUT2D eigenvalue weighted by molar-refractivity contribution is 7.22. The molecule has 0 spiro atoms. The summed E-state index contributed by atoms with van der Waals surface area (Å²) in [6.07, 6.45) is 3.27. The number of amides is 1. The van der Waals surface area contributed by atoms with Crippen LogP contribution >= 0.6 is 11.3 Å². The van der Waals surface area contributed by atoms with Gasteiger partial charge in [0.05, 0.1) is 27.7 Å². The number of ether oxygens (including phenoxy) is 1. The van der Waals surface area contributed by atoms with Crippen LogP contribution in [0.25, 0.3) is 10.2 Å². The molecule has 1 aliphatic carbocycles. The first kappa shape index (κ1) is 20.5. The van der Waals surface area contributed by atoms with E-state index < -0.39 is 6.04 Å². The Kier molecular flexibility index (Phi) is 4.66. The van der Waals surface area contributed by atoms with Gasteiger partial charge < -0.3 is 4.74 Å². The molecule has 7 heteroatoms. The van der Waals surface area contributed by atoms with E-state index in [9.17, 15) is 14.0 Å². The van der Waals surface area contributed by atoms with Crippen molar-refractivity contribution in [1.29, 1.82) is 0 Å². The Labute approximate surface area is 194 Å². The number of hydrogen-bond donors (Lipinski definition) is 0. The van der Waals surface area contributed by atoms with Gasteiger partial charge >= 0.3 is 0 Å². The summed E-state index contributed by atoms with van der Waals surface area (Å²) in [7, 11) is 0. The standard InChI is InChI=1S/C26H23FN2O3S/c1-13-11-14(2)21-19(12-13)33-26(28-21)29-22(15-7-9-16(27)10-8-15)20-23(30)17-5-3-4-6-18(17)32-24(20)25(29)31/h7-12,17-18,22H,3-6H2,1-2H3. The SMILES string of the molecule is Cc1cc(C)c2nc(N3C(=O)C4=C(C(=O)C5CCCCC5O4)C3c3ccc(F)cc3)sc2c1. The van der Waals surface area contributed by atoms with Crippen LogP contribution in [0.1, 0.15) is 48.4 Å². The van der Waals surface area contributed by atoms with Crippen LogP contribution in [0.15, 0.2) is 47.7 Å². The average Bonchev–Trinajstić information content (AvgIpc) is 3.34. The molecule has 3 aromatic rings. The van der Waals surface area contributed by atoms with Crippen molar-refractivity contribution in [2.45, 2.75) is 51.7 Å². The van der Waals surface area contributed by atoms with Crippen molar-refractivity contribution in [2.24, 2.45) is 5.92 Å². The highest BCUT2D eigenvalue weighted by atomic mass is 32.1. The van der Waals surface area contributed by atoms with Crippen molar-refractivity contribution < 1.29 is 18.7 Å². The molecule has 1 aromatic heterocycles. The van der Waals surface area contributed by atoms with Gasteiger partial charge in [0.2, 0.25) is 0 Å². The van der Waals surface area contributed by atoms with E-state index in [4.69, 9.17) is 9.72 Å². The fourth-order valence-corrected chi connectivity index (χ4v) is 6.63. The Bertz CT molecular complexity index is 1340. The summed E-state index contributed by atoms with van der Waals surface area (Å²) < 4.78 is 20.9. The average molecular weight is 463 g/mol. The second-order valence-electron chi connectivity index (χ2n) is 9.21. The van der Waals surface area contributed by atoms with Gasteiger partial charge in [0.15, 0.2) is 16.7 Å². The molecule has 1 saturated carbocycles. The van der Waals surface area contributed by atoms with Crippen molar-refractivity contribution in [3.63, 3.8) is 0 Å². The first-order valence-electron chi connectivity index (χ1n) is 11.3. The Balaban J connectivity index is 1.52. The maximum absolute atomic E-state index is 13.7. The van der Waals surface area contributed by atoms with Crippen LogP contribution < -0.4 is 4.90 Å². The fraction of sp³-hybridized carbons (Fsp3) is 0.346. The Hall–Kier alpha value is -3.06. The number of thiazole rings is 1. The number of aromatic nitrogens is 1. The Morgan fingerprint density at radius 1 is 1.09 bits per heavy atom. The van der Waals surface area contributed by atoms with Gasteiger partial charge in [-0.25, -0.2) is 9.37 Å². The zero-order valence-electron chi connectivity index (χ0n) is 18.4. The van der Waals surface area contributed by atoms with Gasteiger partial charge in [-0.2, -0.15) is 0 Å². The van der Waals surface area contributed by atoms with Crippen molar-refractivity contribution in [1.82, 2.24) is 4.98 Å². The number of hydrogen-bond acceptors (Lipinski definition) is 5. The summed E-state index contributed by atoms with van der Waals surface area (Å²) in [5.74, 6) is -0.809. The summed E-state index contributed by atoms with van der Waals surface area (Å²) in [6.45, 7) is 4.03. The molecule has 1 fully saturated rings. The number of carbonyl (C=O) groups is 2. The van der Waals surface area contributed by atoms with Gasteiger partial charge in [0.1, 0.15) is 11.9 Å². The number of Topliss-reactive ketones (excluding diaryl/α,β-unsaturated/α-hetero) is 1. The molecular formula is C26H23FN2O3S. The highest BCUT2D eigenvalue weighted by Crippen LogP contribution is 2.49. The van der Waals surface area contributed by atoms with Gasteiger partial charge in [-0.15, -0.1) is 0 Å². The number of ketones is 1. The molecule has 2 aromatic carbocycles. The van der Waals surface area contributed by atoms with Gasteiger partial charge in [0.25, 0.3) is 5.91 Å². The summed E-state index contributed by atoms with van der Waals surface area (Å²) in [4.78, 5) is 33.8. The van der Waals surface area contributed by atoms with E-state index >= 15 is 0 Å². The molecule has 2 aliphatic heterocycles. The van der Waals surface area contributed by atoms with Crippen LogP contribution in [0.5, 0.6) is 0 Å². The van der Waals surface area contributed by atoms with Crippen LogP contribution in [0.2, 0.25) is 0 Å². The molecule has 168 valence electrons. The van der Waals surface area contributed by atoms with Crippen LogP contribution in [0.3, 0.4) is 0 Å². The number of anilines is 1. The predicted molar refractivity (Wildman–Crippen MR) is 125 cm³/mol. The summed E-state index contributed by atoms with van der Waals surface area (Å²) in [6, 6.07) is 9.44. The van der Waals surface area contributed by atoms with Crippen molar-refractivity contribution >= 4 is 38.4 Å². The molecule has 3 heterocycles. The van der Waals surface area contributed by atoms with Crippen LogP contribution in [-0.4, -0.2) is 22.8 Å². The molecule has 1 amide bonds. The van der Waals surface area contributed by atoms with Gasteiger partial charge in [-0.1, -0.05) is 36.0 Å². The molecule has 0 bridgehead atoms. The lowest BCUT2D eigenvalue weighted by molar-refractivity contribution is -0.131. The molecule has 3 atom stereocenters. The van der Waals surface area contributed by atoms with E-state index in [-0.39, 0.29) is 35.3 Å². The van der Waals surface area contributed by atoms with E-state index in [0.29, 0.717) is 16.3 Å². The smallest absolute Gasteiger partial charge is 0.296 e. The maximum atomic E-state index is 13.7. The van der Waals surface area contributed by atoms with Crippen LogP contribution in [0.4, 0.5) is 9.52 Å². The molecule has 33 heavy (non-hydrogen) atoms. The summed E-state index contributed by atoms with van der Waals surface area (Å²) in [5, 5.41) is 0.520. The third-order valence-electron chi connectivity index (χ3n) is 6.97. The third kappa shape index (κ3) is 3.13. The van der Waals surface area contributed by atoms with Crippen LogP contribution in [-0.2, 0) is 14.3 Å². The lowest BCUT2D eigenvalue weighted by Gasteiger charge is -2.35. The van der Waals surface area contributed by atoms with Gasteiger partial charge in [-0.3, -0.25) is 14.5 Å². The van der Waals surface area contributed by atoms with E-state index in [1.54, 1.807) is 17.0 Å². The molecule has 0 saturated heterocycles. The molecule has 5 nitrogen and oxygen atoms in total. The second-order valence-corrected chi connectivity index (χ2v) is 10.2. The Morgan fingerprint density at radius 3 is 2.64 bits per heavy atom. The topological polar surface area (TPSA) is 59.5 Å². The normalized spacial score (nSPS) is 24.8. The van der Waals surface area contributed by atoms with Gasteiger partial charge in [0, 0.05) is 0 Å². The first-order chi connectivity index (χ1) is 15.9. The fourth-order valence-electron chi connectivity index (χ4n) is 5.46. The third-order valence-corrected chi connectivity index (χ3v) is 7.98. The lowest BCUT2D eigenvalue weighted by atomic mass is 9.77. The maximum Gasteiger partial charge on any atom is 0.296 e. The summed E-state index contributed by atoms with van der Waals surface area (Å²) in [5.41, 5.74) is 4.07. The zero-order valence-corrected chi connectivity index (χ0v) is 19.2. The molecule has 0 radical (unpaired) electrons. The number of nitrogens with zero attached hydrogens (tertiary/aromatic N) is 2. The predicted octanol–water partition coefficient (Wildman–Crippen LogP) is 5.55. The van der Waals surface area contributed by atoms with Crippen molar-refractivity contribution in [3.8, 4) is 0 Å². The minimum Gasteiger partial charge on any atom is -0.483 e. The van der Waals surface area contributed by atoms with Crippen molar-refractivity contribution in [3.05, 3.63) is 70.2 Å². The number of benzene rings is 2. The van der Waals surface area contributed by atoms with E-state index in [2.05, 4.69) is 12.1 Å².